The molecule has 3 aromatic rings. The molecule has 0 fully saturated rings. The smallest absolute Gasteiger partial charge is 0.231 e. The van der Waals surface area contributed by atoms with E-state index in [0.29, 0.717) is 11.6 Å². The summed E-state index contributed by atoms with van der Waals surface area (Å²) in [5.41, 5.74) is 9.49. The fourth-order valence-electron chi connectivity index (χ4n) is 2.49. The second kappa shape index (κ2) is 4.31. The molecule has 1 aliphatic rings. The number of furan rings is 1. The molecule has 0 amide bonds. The second-order valence-corrected chi connectivity index (χ2v) is 4.86. The number of aromatic nitrogens is 2. The fourth-order valence-corrected chi connectivity index (χ4v) is 2.49. The lowest BCUT2D eigenvalue weighted by Crippen LogP contribution is -1.93. The van der Waals surface area contributed by atoms with Gasteiger partial charge in [-0.25, -0.2) is 0 Å². The van der Waals surface area contributed by atoms with E-state index in [-0.39, 0.29) is 6.79 Å². The van der Waals surface area contributed by atoms with E-state index in [4.69, 9.17) is 19.6 Å². The molecule has 0 aliphatic carbocycles. The van der Waals surface area contributed by atoms with E-state index in [1.54, 1.807) is 6.26 Å². The van der Waals surface area contributed by atoms with Gasteiger partial charge < -0.3 is 19.6 Å². The van der Waals surface area contributed by atoms with E-state index >= 15 is 0 Å². The summed E-state index contributed by atoms with van der Waals surface area (Å²) in [7, 11) is 0. The van der Waals surface area contributed by atoms with Crippen molar-refractivity contribution in [3.63, 3.8) is 0 Å². The molecule has 3 N–H and O–H groups in total. The highest BCUT2D eigenvalue weighted by Crippen LogP contribution is 2.41. The molecule has 0 bridgehead atoms. The zero-order valence-electron chi connectivity index (χ0n) is 11.3. The number of aromatic amines is 1. The summed E-state index contributed by atoms with van der Waals surface area (Å²) in [6.07, 6.45) is 1.64. The Balaban J connectivity index is 1.89. The Bertz CT molecular complexity index is 819. The van der Waals surface area contributed by atoms with Crippen molar-refractivity contribution in [2.24, 2.45) is 0 Å². The SMILES string of the molecule is Cc1ccoc1-c1[nH]nc(N)c1-c1ccc2c(c1)OCO2. The molecule has 1 aromatic carbocycles. The number of fused-ring (bicyclic) bond motifs is 1. The van der Waals surface area contributed by atoms with E-state index in [1.165, 1.54) is 0 Å². The molecule has 0 saturated carbocycles. The molecule has 2 aromatic heterocycles. The first-order valence-electron chi connectivity index (χ1n) is 6.52. The highest BCUT2D eigenvalue weighted by molar-refractivity contribution is 5.87. The van der Waals surface area contributed by atoms with Crippen LogP contribution in [0.3, 0.4) is 0 Å². The van der Waals surface area contributed by atoms with Crippen molar-refractivity contribution >= 4 is 5.82 Å². The molecule has 3 heterocycles. The van der Waals surface area contributed by atoms with Crippen LogP contribution >= 0.6 is 0 Å². The van der Waals surface area contributed by atoms with Crippen LogP contribution in [-0.4, -0.2) is 17.0 Å². The largest absolute Gasteiger partial charge is 0.462 e. The standard InChI is InChI=1S/C15H13N3O3/c1-8-4-5-19-14(8)13-12(15(16)18-17-13)9-2-3-10-11(6-9)21-7-20-10/h2-6H,7H2,1H3,(H3,16,17,18). The number of nitrogens with one attached hydrogen (secondary N) is 1. The van der Waals surface area contributed by atoms with Crippen molar-refractivity contribution in [3.8, 4) is 34.1 Å². The third-order valence-electron chi connectivity index (χ3n) is 3.54. The van der Waals surface area contributed by atoms with Crippen LogP contribution in [0.1, 0.15) is 5.56 Å². The third kappa shape index (κ3) is 1.76. The lowest BCUT2D eigenvalue weighted by Gasteiger charge is -2.05. The van der Waals surface area contributed by atoms with Gasteiger partial charge in [-0.15, -0.1) is 0 Å². The molecule has 0 atom stereocenters. The Hall–Kier alpha value is -2.89. The molecule has 0 unspecified atom stereocenters. The van der Waals surface area contributed by atoms with Gasteiger partial charge in [0.15, 0.2) is 23.1 Å². The van der Waals surface area contributed by atoms with Crippen molar-refractivity contribution in [2.45, 2.75) is 6.92 Å². The summed E-state index contributed by atoms with van der Waals surface area (Å²) in [5.74, 6) is 2.58. The molecule has 6 nitrogen and oxygen atoms in total. The molecule has 4 rings (SSSR count). The van der Waals surface area contributed by atoms with Crippen molar-refractivity contribution in [3.05, 3.63) is 36.1 Å². The highest BCUT2D eigenvalue weighted by Gasteiger charge is 2.21. The quantitative estimate of drug-likeness (QED) is 0.755. The maximum absolute atomic E-state index is 6.02. The zero-order chi connectivity index (χ0) is 14.4. The van der Waals surface area contributed by atoms with E-state index < -0.39 is 0 Å². The van der Waals surface area contributed by atoms with Crippen molar-refractivity contribution in [1.82, 2.24) is 10.2 Å². The number of benzene rings is 1. The summed E-state index contributed by atoms with van der Waals surface area (Å²) >= 11 is 0. The van der Waals surface area contributed by atoms with Gasteiger partial charge >= 0.3 is 0 Å². The predicted molar refractivity (Wildman–Crippen MR) is 77.0 cm³/mol. The minimum Gasteiger partial charge on any atom is -0.462 e. The number of anilines is 1. The van der Waals surface area contributed by atoms with Gasteiger partial charge in [-0.3, -0.25) is 5.10 Å². The number of hydrogen-bond acceptors (Lipinski definition) is 5. The molecular weight excluding hydrogens is 270 g/mol. The summed E-state index contributed by atoms with van der Waals surface area (Å²) < 4.78 is 16.3. The number of H-pyrrole nitrogens is 1. The minimum absolute atomic E-state index is 0.240. The average Bonchev–Trinajstić information content (AvgIpc) is 3.17. The number of ether oxygens (including phenoxy) is 2. The molecule has 0 radical (unpaired) electrons. The lowest BCUT2D eigenvalue weighted by molar-refractivity contribution is 0.174. The number of rotatable bonds is 2. The molecular formula is C15H13N3O3. The normalized spacial score (nSPS) is 12.8. The molecule has 6 heteroatoms. The van der Waals surface area contributed by atoms with Crippen LogP contribution in [0.15, 0.2) is 34.9 Å². The zero-order valence-corrected chi connectivity index (χ0v) is 11.3. The van der Waals surface area contributed by atoms with E-state index in [1.807, 2.05) is 31.2 Å². The van der Waals surface area contributed by atoms with Gasteiger partial charge in [0, 0.05) is 0 Å². The van der Waals surface area contributed by atoms with Crippen LogP contribution in [0.2, 0.25) is 0 Å². The number of hydrogen-bond donors (Lipinski definition) is 2. The Morgan fingerprint density at radius 2 is 2.05 bits per heavy atom. The third-order valence-corrected chi connectivity index (χ3v) is 3.54. The summed E-state index contributed by atoms with van der Waals surface area (Å²) in [5, 5.41) is 7.05. The maximum Gasteiger partial charge on any atom is 0.231 e. The first-order chi connectivity index (χ1) is 10.2. The Morgan fingerprint density at radius 1 is 1.19 bits per heavy atom. The number of nitrogens with zero attached hydrogens (tertiary/aromatic N) is 1. The van der Waals surface area contributed by atoms with E-state index in [9.17, 15) is 0 Å². The van der Waals surface area contributed by atoms with E-state index in [0.717, 1.165) is 33.9 Å². The Kier molecular flexibility index (Phi) is 2.44. The van der Waals surface area contributed by atoms with Gasteiger partial charge in [-0.2, -0.15) is 5.10 Å². The van der Waals surface area contributed by atoms with Crippen molar-refractivity contribution in [2.75, 3.05) is 12.5 Å². The van der Waals surface area contributed by atoms with Gasteiger partial charge in [0.1, 0.15) is 5.69 Å². The van der Waals surface area contributed by atoms with Crippen LogP contribution in [0.4, 0.5) is 5.82 Å². The van der Waals surface area contributed by atoms with Gasteiger partial charge in [0.2, 0.25) is 6.79 Å². The van der Waals surface area contributed by atoms with Gasteiger partial charge in [0.25, 0.3) is 0 Å². The topological polar surface area (TPSA) is 86.3 Å². The van der Waals surface area contributed by atoms with Crippen LogP contribution in [0, 0.1) is 6.92 Å². The Morgan fingerprint density at radius 3 is 2.86 bits per heavy atom. The van der Waals surface area contributed by atoms with Crippen LogP contribution in [0.25, 0.3) is 22.6 Å². The number of aryl methyl sites for hydroxylation is 1. The molecule has 21 heavy (non-hydrogen) atoms. The summed E-state index contributed by atoms with van der Waals surface area (Å²) in [6.45, 7) is 2.21. The van der Waals surface area contributed by atoms with Crippen LogP contribution in [0.5, 0.6) is 11.5 Å². The molecule has 0 spiro atoms. The van der Waals surface area contributed by atoms with Crippen molar-refractivity contribution < 1.29 is 13.9 Å². The van der Waals surface area contributed by atoms with Crippen LogP contribution in [-0.2, 0) is 0 Å². The lowest BCUT2D eigenvalue weighted by atomic mass is 10.0. The molecule has 1 aliphatic heterocycles. The second-order valence-electron chi connectivity index (χ2n) is 4.86. The average molecular weight is 283 g/mol. The minimum atomic E-state index is 0.240. The number of nitrogens with two attached hydrogens (primary N) is 1. The van der Waals surface area contributed by atoms with Gasteiger partial charge in [-0.05, 0) is 36.2 Å². The Labute approximate surface area is 120 Å². The van der Waals surface area contributed by atoms with Crippen LogP contribution < -0.4 is 15.2 Å². The molecule has 106 valence electrons. The van der Waals surface area contributed by atoms with E-state index in [2.05, 4.69) is 10.2 Å². The van der Waals surface area contributed by atoms with Crippen molar-refractivity contribution in [1.29, 1.82) is 0 Å². The van der Waals surface area contributed by atoms with Gasteiger partial charge in [-0.1, -0.05) is 6.07 Å². The first kappa shape index (κ1) is 11.9. The first-order valence-corrected chi connectivity index (χ1v) is 6.52. The summed E-state index contributed by atoms with van der Waals surface area (Å²) in [4.78, 5) is 0. The van der Waals surface area contributed by atoms with Gasteiger partial charge in [0.05, 0.1) is 11.8 Å². The number of nitrogen functional groups attached to an aromatic ring is 1. The maximum atomic E-state index is 6.02. The monoisotopic (exact) mass is 283 g/mol. The predicted octanol–water partition coefficient (Wildman–Crippen LogP) is 2.96. The fraction of sp³-hybridized carbons (Fsp3) is 0.133. The summed E-state index contributed by atoms with van der Waals surface area (Å²) in [6, 6.07) is 7.58. The molecule has 0 saturated heterocycles. The highest BCUT2D eigenvalue weighted by atomic mass is 16.7.